The minimum absolute atomic E-state index is 0.129. The summed E-state index contributed by atoms with van der Waals surface area (Å²) in [5, 5.41) is 6.11. The van der Waals surface area contributed by atoms with E-state index < -0.39 is 23.5 Å². The lowest BCUT2D eigenvalue weighted by molar-refractivity contribution is -0.132. The molecule has 1 saturated heterocycles. The van der Waals surface area contributed by atoms with Crippen molar-refractivity contribution in [2.75, 3.05) is 26.2 Å². The van der Waals surface area contributed by atoms with Crippen LogP contribution in [-0.4, -0.2) is 54.6 Å². The highest BCUT2D eigenvalue weighted by Crippen LogP contribution is 2.26. The van der Waals surface area contributed by atoms with E-state index in [0.29, 0.717) is 13.1 Å². The highest BCUT2D eigenvalue weighted by Gasteiger charge is 2.44. The van der Waals surface area contributed by atoms with Crippen LogP contribution < -0.4 is 10.6 Å². The summed E-state index contributed by atoms with van der Waals surface area (Å²) in [6.45, 7) is 11.6. The molecule has 2 N–H and O–H groups in total. The van der Waals surface area contributed by atoms with Crippen molar-refractivity contribution in [2.24, 2.45) is 11.8 Å². The number of hydrogen-bond acceptors (Lipinski definition) is 4. The Hall–Kier alpha value is -1.79. The Morgan fingerprint density at radius 2 is 0.881 bits per heavy atom. The zero-order valence-electron chi connectivity index (χ0n) is 28.2. The van der Waals surface area contributed by atoms with Gasteiger partial charge in [-0.05, 0) is 33.6 Å². The van der Waals surface area contributed by atoms with Gasteiger partial charge < -0.3 is 20.3 Å². The second kappa shape index (κ2) is 23.6. The van der Waals surface area contributed by atoms with E-state index in [4.69, 9.17) is 4.74 Å². The van der Waals surface area contributed by atoms with Crippen LogP contribution in [0, 0.1) is 11.8 Å². The molecule has 1 aliphatic rings. The Bertz CT molecular complexity index is 676. The number of nitrogens with zero attached hydrogens (tertiary/aromatic N) is 1. The van der Waals surface area contributed by atoms with E-state index in [-0.39, 0.29) is 24.9 Å². The van der Waals surface area contributed by atoms with Gasteiger partial charge in [-0.25, -0.2) is 4.79 Å². The summed E-state index contributed by atoms with van der Waals surface area (Å²) >= 11 is 0. The molecule has 0 aromatic heterocycles. The Morgan fingerprint density at radius 1 is 0.571 bits per heavy atom. The molecule has 0 bridgehead atoms. The van der Waals surface area contributed by atoms with Crippen molar-refractivity contribution in [1.82, 2.24) is 15.5 Å². The molecule has 2 atom stereocenters. The topological polar surface area (TPSA) is 87.7 Å². The molecule has 0 spiro atoms. The number of carbonyl (C=O) groups is 3. The van der Waals surface area contributed by atoms with Gasteiger partial charge in [-0.3, -0.25) is 9.59 Å². The summed E-state index contributed by atoms with van der Waals surface area (Å²) in [5.41, 5.74) is -0.625. The van der Waals surface area contributed by atoms with Crippen molar-refractivity contribution in [3.8, 4) is 0 Å². The Balaban J connectivity index is 2.41. The maximum Gasteiger partial charge on any atom is 0.410 e. The number of nitrogens with one attached hydrogen (secondary N) is 2. The molecule has 1 aliphatic heterocycles. The molecule has 0 aromatic carbocycles. The van der Waals surface area contributed by atoms with Gasteiger partial charge in [0, 0.05) is 26.2 Å². The van der Waals surface area contributed by atoms with Gasteiger partial charge in [0.25, 0.3) is 0 Å². The second-order valence-corrected chi connectivity index (χ2v) is 13.5. The highest BCUT2D eigenvalue weighted by molar-refractivity contribution is 5.89. The van der Waals surface area contributed by atoms with Crippen LogP contribution in [0.5, 0.6) is 0 Å². The normalized spacial score (nSPS) is 16.9. The van der Waals surface area contributed by atoms with Crippen LogP contribution >= 0.6 is 0 Å². The fourth-order valence-electron chi connectivity index (χ4n) is 5.72. The number of ether oxygens (including phenoxy) is 1. The minimum Gasteiger partial charge on any atom is -0.444 e. The number of hydrogen-bond donors (Lipinski definition) is 2. The third-order valence-corrected chi connectivity index (χ3v) is 8.30. The number of rotatable bonds is 24. The third kappa shape index (κ3) is 18.7. The van der Waals surface area contributed by atoms with Crippen molar-refractivity contribution >= 4 is 17.9 Å². The maximum atomic E-state index is 13.2. The molecular weight excluding hydrogens is 526 g/mol. The summed E-state index contributed by atoms with van der Waals surface area (Å²) in [5.74, 6) is -1.35. The zero-order valence-corrected chi connectivity index (χ0v) is 28.2. The van der Waals surface area contributed by atoms with Crippen LogP contribution in [-0.2, 0) is 14.3 Å². The number of carbonyl (C=O) groups excluding carboxylic acids is 3. The monoisotopic (exact) mass is 594 g/mol. The molecule has 1 rings (SSSR count). The first kappa shape index (κ1) is 38.2. The molecular formula is C35H67N3O4. The molecule has 0 unspecified atom stereocenters. The molecule has 246 valence electrons. The van der Waals surface area contributed by atoms with Crippen molar-refractivity contribution in [2.45, 2.75) is 169 Å². The van der Waals surface area contributed by atoms with Crippen LogP contribution in [0.3, 0.4) is 0 Å². The van der Waals surface area contributed by atoms with Crippen molar-refractivity contribution < 1.29 is 19.1 Å². The molecule has 3 amide bonds. The molecule has 0 radical (unpaired) electrons. The summed E-state index contributed by atoms with van der Waals surface area (Å²) in [6.07, 6.45) is 24.5. The fraction of sp³-hybridized carbons (Fsp3) is 0.914. The Labute approximate surface area is 259 Å². The van der Waals surface area contributed by atoms with Crippen LogP contribution in [0.4, 0.5) is 4.79 Å². The van der Waals surface area contributed by atoms with Crippen LogP contribution in [0.15, 0.2) is 0 Å². The number of unbranched alkanes of at least 4 members (excludes halogenated alkanes) is 18. The third-order valence-electron chi connectivity index (χ3n) is 8.30. The summed E-state index contributed by atoms with van der Waals surface area (Å²) < 4.78 is 5.55. The largest absolute Gasteiger partial charge is 0.444 e. The van der Waals surface area contributed by atoms with E-state index in [0.717, 1.165) is 25.7 Å². The van der Waals surface area contributed by atoms with Gasteiger partial charge in [0.15, 0.2) is 0 Å². The zero-order chi connectivity index (χ0) is 31.1. The van der Waals surface area contributed by atoms with Gasteiger partial charge in [-0.15, -0.1) is 0 Å². The van der Waals surface area contributed by atoms with Gasteiger partial charge in [0.05, 0.1) is 11.8 Å². The molecule has 7 nitrogen and oxygen atoms in total. The van der Waals surface area contributed by atoms with E-state index >= 15 is 0 Å². The molecule has 1 heterocycles. The van der Waals surface area contributed by atoms with Gasteiger partial charge in [0.2, 0.25) is 11.8 Å². The lowest BCUT2D eigenvalue weighted by Crippen LogP contribution is -2.42. The first-order valence-corrected chi connectivity index (χ1v) is 17.7. The molecule has 0 aromatic rings. The molecule has 0 aliphatic carbocycles. The SMILES string of the molecule is CCCCCCCCCCCCNC(=O)[C@@H]1CN(C(=O)OC(C)(C)C)C[C@H]1C(=O)NCCCCCCCCCCCC. The molecule has 1 fully saturated rings. The van der Waals surface area contributed by atoms with Crippen molar-refractivity contribution in [1.29, 1.82) is 0 Å². The van der Waals surface area contributed by atoms with Crippen LogP contribution in [0.2, 0.25) is 0 Å². The quantitative estimate of drug-likeness (QED) is 0.110. The van der Waals surface area contributed by atoms with Crippen molar-refractivity contribution in [3.05, 3.63) is 0 Å². The molecule has 42 heavy (non-hydrogen) atoms. The van der Waals surface area contributed by atoms with Gasteiger partial charge in [-0.1, -0.05) is 129 Å². The molecule has 0 saturated carbocycles. The second-order valence-electron chi connectivity index (χ2n) is 13.5. The van der Waals surface area contributed by atoms with Crippen molar-refractivity contribution in [3.63, 3.8) is 0 Å². The predicted molar refractivity (Wildman–Crippen MR) is 174 cm³/mol. The van der Waals surface area contributed by atoms with Gasteiger partial charge in [-0.2, -0.15) is 0 Å². The number of amides is 3. The fourth-order valence-corrected chi connectivity index (χ4v) is 5.72. The first-order valence-electron chi connectivity index (χ1n) is 17.7. The van der Waals surface area contributed by atoms with Gasteiger partial charge in [0.1, 0.15) is 5.60 Å². The van der Waals surface area contributed by atoms with E-state index in [2.05, 4.69) is 24.5 Å². The van der Waals surface area contributed by atoms with Gasteiger partial charge >= 0.3 is 6.09 Å². The van der Waals surface area contributed by atoms with E-state index in [1.54, 1.807) is 0 Å². The predicted octanol–water partition coefficient (Wildman–Crippen LogP) is 8.54. The summed E-state index contributed by atoms with van der Waals surface area (Å²) in [4.78, 5) is 40.6. The first-order chi connectivity index (χ1) is 20.2. The smallest absolute Gasteiger partial charge is 0.410 e. The summed E-state index contributed by atoms with van der Waals surface area (Å²) in [6, 6.07) is 0. The van der Waals surface area contributed by atoms with E-state index in [9.17, 15) is 14.4 Å². The maximum absolute atomic E-state index is 13.2. The van der Waals surface area contributed by atoms with E-state index in [1.165, 1.54) is 108 Å². The van der Waals surface area contributed by atoms with E-state index in [1.807, 2.05) is 20.8 Å². The Morgan fingerprint density at radius 3 is 1.19 bits per heavy atom. The Kier molecular flexibility index (Phi) is 21.5. The standard InChI is InChI=1S/C35H67N3O4/c1-6-8-10-12-14-16-18-20-22-24-26-36-32(39)30-28-38(34(41)42-35(3,4)5)29-31(30)33(40)37-27-25-23-21-19-17-15-13-11-9-7-2/h30-31H,6-29H2,1-5H3,(H,36,39)(H,37,40)/t30-,31-/m1/s1. The summed E-state index contributed by atoms with van der Waals surface area (Å²) in [7, 11) is 0. The average molecular weight is 594 g/mol. The highest BCUT2D eigenvalue weighted by atomic mass is 16.6. The lowest BCUT2D eigenvalue weighted by Gasteiger charge is -2.24. The average Bonchev–Trinajstić information content (AvgIpc) is 3.40. The lowest BCUT2D eigenvalue weighted by atomic mass is 9.94. The minimum atomic E-state index is -0.625. The van der Waals surface area contributed by atoms with Crippen LogP contribution in [0.25, 0.3) is 0 Å². The number of likely N-dealkylation sites (tertiary alicyclic amines) is 1. The van der Waals surface area contributed by atoms with Crippen LogP contribution in [0.1, 0.15) is 163 Å². The molecule has 7 heteroatoms.